The lowest BCUT2D eigenvalue weighted by Crippen LogP contribution is -2.38. The van der Waals surface area contributed by atoms with Gasteiger partial charge in [0.25, 0.3) is 0 Å². The third-order valence-corrected chi connectivity index (χ3v) is 5.57. The normalized spacial score (nSPS) is 15.5. The standard InChI is InChI=1S/C24H30N2O3/c1-19(21-7-4-3-5-8-21)17-23(27)25-13-6-14-26(16-15-25)24(28)18-20-9-11-22(29-2)12-10-20/h3-5,7-12,19H,6,13-18H2,1-2H3. The SMILES string of the molecule is COc1ccc(CC(=O)N2CCCN(C(=O)CC(C)c3ccccc3)CC2)cc1. The molecule has 0 aliphatic carbocycles. The highest BCUT2D eigenvalue weighted by molar-refractivity contribution is 5.79. The van der Waals surface area contributed by atoms with E-state index >= 15 is 0 Å². The third kappa shape index (κ3) is 5.83. The number of ether oxygens (including phenoxy) is 1. The van der Waals surface area contributed by atoms with Gasteiger partial charge in [-0.3, -0.25) is 9.59 Å². The van der Waals surface area contributed by atoms with Crippen molar-refractivity contribution in [3.8, 4) is 5.75 Å². The van der Waals surface area contributed by atoms with Crippen LogP contribution in [-0.2, 0) is 16.0 Å². The van der Waals surface area contributed by atoms with E-state index in [1.807, 2.05) is 52.3 Å². The lowest BCUT2D eigenvalue weighted by Gasteiger charge is -2.23. The fourth-order valence-electron chi connectivity index (χ4n) is 3.74. The van der Waals surface area contributed by atoms with Crippen LogP contribution in [0.1, 0.15) is 36.8 Å². The van der Waals surface area contributed by atoms with Crippen LogP contribution < -0.4 is 4.74 Å². The monoisotopic (exact) mass is 394 g/mol. The summed E-state index contributed by atoms with van der Waals surface area (Å²) in [4.78, 5) is 29.3. The Labute approximate surface area is 173 Å². The van der Waals surface area contributed by atoms with Crippen LogP contribution in [-0.4, -0.2) is 54.9 Å². The Bertz CT molecular complexity index is 805. The highest BCUT2D eigenvalue weighted by atomic mass is 16.5. The maximum absolute atomic E-state index is 12.8. The van der Waals surface area contributed by atoms with E-state index in [0.717, 1.165) is 17.7 Å². The van der Waals surface area contributed by atoms with Crippen molar-refractivity contribution in [2.75, 3.05) is 33.3 Å². The molecule has 0 spiro atoms. The van der Waals surface area contributed by atoms with E-state index in [-0.39, 0.29) is 17.7 Å². The number of amides is 2. The largest absolute Gasteiger partial charge is 0.497 e. The zero-order valence-corrected chi connectivity index (χ0v) is 17.3. The number of rotatable bonds is 6. The van der Waals surface area contributed by atoms with Gasteiger partial charge in [0, 0.05) is 32.6 Å². The first-order valence-electron chi connectivity index (χ1n) is 10.3. The van der Waals surface area contributed by atoms with E-state index in [1.54, 1.807) is 7.11 Å². The van der Waals surface area contributed by atoms with E-state index in [4.69, 9.17) is 4.74 Å². The number of carbonyl (C=O) groups is 2. The molecule has 1 aliphatic heterocycles. The van der Waals surface area contributed by atoms with E-state index in [1.165, 1.54) is 5.56 Å². The van der Waals surface area contributed by atoms with E-state index in [2.05, 4.69) is 19.1 Å². The summed E-state index contributed by atoms with van der Waals surface area (Å²) in [5, 5.41) is 0. The molecule has 0 N–H and O–H groups in total. The molecule has 3 rings (SSSR count). The smallest absolute Gasteiger partial charge is 0.227 e. The van der Waals surface area contributed by atoms with Gasteiger partial charge in [-0.2, -0.15) is 0 Å². The topological polar surface area (TPSA) is 49.9 Å². The van der Waals surface area contributed by atoms with Crippen LogP contribution >= 0.6 is 0 Å². The predicted octanol–water partition coefficient (Wildman–Crippen LogP) is 3.49. The quantitative estimate of drug-likeness (QED) is 0.754. The average Bonchev–Trinajstić information content (AvgIpc) is 3.01. The van der Waals surface area contributed by atoms with Gasteiger partial charge >= 0.3 is 0 Å². The lowest BCUT2D eigenvalue weighted by atomic mass is 9.97. The molecule has 29 heavy (non-hydrogen) atoms. The minimum atomic E-state index is 0.113. The summed E-state index contributed by atoms with van der Waals surface area (Å²) in [6, 6.07) is 17.7. The van der Waals surface area contributed by atoms with Gasteiger partial charge in [0.05, 0.1) is 13.5 Å². The summed E-state index contributed by atoms with van der Waals surface area (Å²) in [7, 11) is 1.63. The minimum Gasteiger partial charge on any atom is -0.497 e. The molecule has 0 radical (unpaired) electrons. The molecule has 5 nitrogen and oxygen atoms in total. The summed E-state index contributed by atoms with van der Waals surface area (Å²) >= 11 is 0. The molecule has 0 saturated carbocycles. The summed E-state index contributed by atoms with van der Waals surface area (Å²) in [5.74, 6) is 1.27. The van der Waals surface area contributed by atoms with Crippen molar-refractivity contribution in [1.82, 2.24) is 9.80 Å². The van der Waals surface area contributed by atoms with Gasteiger partial charge in [0.1, 0.15) is 5.75 Å². The van der Waals surface area contributed by atoms with Gasteiger partial charge in [-0.15, -0.1) is 0 Å². The lowest BCUT2D eigenvalue weighted by molar-refractivity contribution is -0.133. The van der Waals surface area contributed by atoms with Crippen LogP contribution in [0.5, 0.6) is 5.75 Å². The van der Waals surface area contributed by atoms with Crippen LogP contribution in [0.2, 0.25) is 0 Å². The van der Waals surface area contributed by atoms with Crippen molar-refractivity contribution in [1.29, 1.82) is 0 Å². The Kier molecular flexibility index (Phi) is 7.28. The molecule has 1 heterocycles. The highest BCUT2D eigenvalue weighted by Crippen LogP contribution is 2.20. The molecule has 0 aromatic heterocycles. The van der Waals surface area contributed by atoms with E-state index < -0.39 is 0 Å². The van der Waals surface area contributed by atoms with Crippen molar-refractivity contribution in [3.63, 3.8) is 0 Å². The Morgan fingerprint density at radius 3 is 2.14 bits per heavy atom. The second-order valence-corrected chi connectivity index (χ2v) is 7.66. The maximum atomic E-state index is 12.8. The molecule has 0 bridgehead atoms. The van der Waals surface area contributed by atoms with Crippen LogP contribution in [0.25, 0.3) is 0 Å². The molecule has 1 atom stereocenters. The van der Waals surface area contributed by atoms with Crippen molar-refractivity contribution in [2.45, 2.75) is 32.1 Å². The van der Waals surface area contributed by atoms with Gasteiger partial charge in [-0.25, -0.2) is 0 Å². The summed E-state index contributed by atoms with van der Waals surface area (Å²) in [5.41, 5.74) is 2.16. The first-order chi connectivity index (χ1) is 14.1. The molecule has 2 aromatic carbocycles. The van der Waals surface area contributed by atoms with Gasteiger partial charge < -0.3 is 14.5 Å². The first kappa shape index (κ1) is 20.9. The molecule has 1 fully saturated rings. The van der Waals surface area contributed by atoms with E-state index in [9.17, 15) is 9.59 Å². The van der Waals surface area contributed by atoms with Crippen LogP contribution in [0, 0.1) is 0 Å². The number of hydrogen-bond acceptors (Lipinski definition) is 3. The Morgan fingerprint density at radius 2 is 1.52 bits per heavy atom. The van der Waals surface area contributed by atoms with Crippen molar-refractivity contribution in [3.05, 3.63) is 65.7 Å². The highest BCUT2D eigenvalue weighted by Gasteiger charge is 2.23. The van der Waals surface area contributed by atoms with Gasteiger partial charge in [0.15, 0.2) is 0 Å². The van der Waals surface area contributed by atoms with Crippen LogP contribution in [0.15, 0.2) is 54.6 Å². The van der Waals surface area contributed by atoms with Gasteiger partial charge in [-0.1, -0.05) is 49.4 Å². The first-order valence-corrected chi connectivity index (χ1v) is 10.3. The minimum absolute atomic E-state index is 0.113. The zero-order chi connectivity index (χ0) is 20.6. The molecule has 5 heteroatoms. The maximum Gasteiger partial charge on any atom is 0.227 e. The molecular formula is C24H30N2O3. The van der Waals surface area contributed by atoms with Crippen molar-refractivity contribution >= 4 is 11.8 Å². The van der Waals surface area contributed by atoms with Gasteiger partial charge in [-0.05, 0) is 35.6 Å². The molecule has 1 saturated heterocycles. The Balaban J connectivity index is 1.51. The van der Waals surface area contributed by atoms with E-state index in [0.29, 0.717) is 39.0 Å². The summed E-state index contributed by atoms with van der Waals surface area (Å²) < 4.78 is 5.16. The van der Waals surface area contributed by atoms with Crippen molar-refractivity contribution in [2.24, 2.45) is 0 Å². The number of nitrogens with zero attached hydrogens (tertiary/aromatic N) is 2. The Hall–Kier alpha value is -2.82. The zero-order valence-electron chi connectivity index (χ0n) is 17.3. The molecular weight excluding hydrogens is 364 g/mol. The van der Waals surface area contributed by atoms with Crippen molar-refractivity contribution < 1.29 is 14.3 Å². The molecule has 2 aromatic rings. The predicted molar refractivity (Wildman–Crippen MR) is 114 cm³/mol. The molecule has 1 unspecified atom stereocenters. The fraction of sp³-hybridized carbons (Fsp3) is 0.417. The molecule has 1 aliphatic rings. The number of methoxy groups -OCH3 is 1. The third-order valence-electron chi connectivity index (χ3n) is 5.57. The van der Waals surface area contributed by atoms with Crippen LogP contribution in [0.3, 0.4) is 0 Å². The number of benzene rings is 2. The Morgan fingerprint density at radius 1 is 0.897 bits per heavy atom. The summed E-state index contributed by atoms with van der Waals surface area (Å²) in [6.45, 7) is 4.71. The van der Waals surface area contributed by atoms with Gasteiger partial charge in [0.2, 0.25) is 11.8 Å². The molecule has 154 valence electrons. The second kappa shape index (κ2) is 10.1. The average molecular weight is 395 g/mol. The molecule has 2 amide bonds. The fourth-order valence-corrected chi connectivity index (χ4v) is 3.74. The number of carbonyl (C=O) groups excluding carboxylic acids is 2. The summed E-state index contributed by atoms with van der Waals surface area (Å²) in [6.07, 6.45) is 1.70. The second-order valence-electron chi connectivity index (χ2n) is 7.66. The van der Waals surface area contributed by atoms with Crippen LogP contribution in [0.4, 0.5) is 0 Å². The number of hydrogen-bond donors (Lipinski definition) is 0.